The lowest BCUT2D eigenvalue weighted by Crippen LogP contribution is -2.15. The molecule has 0 heterocycles. The summed E-state index contributed by atoms with van der Waals surface area (Å²) in [5.74, 6) is 0. The quantitative estimate of drug-likeness (QED) is 0.166. The van der Waals surface area contributed by atoms with E-state index in [9.17, 15) is 20.2 Å². The third-order valence-corrected chi connectivity index (χ3v) is 3.70. The summed E-state index contributed by atoms with van der Waals surface area (Å²) >= 11 is 0. The van der Waals surface area contributed by atoms with Crippen LogP contribution in [0.15, 0.2) is 18.2 Å². The Kier molecular flexibility index (Phi) is 14.8. The van der Waals surface area contributed by atoms with Crippen molar-refractivity contribution in [3.63, 3.8) is 0 Å². The first kappa shape index (κ1) is 26.6. The second-order valence-corrected chi connectivity index (χ2v) is 5.99. The Labute approximate surface area is 180 Å². The number of anilines is 1. The Hall–Kier alpha value is -2.42. The molecule has 1 aromatic carbocycles. The molecule has 0 spiro atoms. The standard InChI is InChI=1S/C18H30N4O9/c19-3-5-27-7-9-29-11-13-31-14-12-30-10-8-28-6-4-20-17-2-1-16(21(23)24)15-18(17)22(25)26/h1-2,15,20H,3-14,19H2. The van der Waals surface area contributed by atoms with E-state index in [0.717, 1.165) is 6.07 Å². The van der Waals surface area contributed by atoms with Gasteiger partial charge in [-0.2, -0.15) is 0 Å². The Balaban J connectivity index is 1.97. The van der Waals surface area contributed by atoms with Gasteiger partial charge in [0.1, 0.15) is 5.69 Å². The number of nitro groups is 2. The van der Waals surface area contributed by atoms with Gasteiger partial charge in [0.15, 0.2) is 0 Å². The van der Waals surface area contributed by atoms with Gasteiger partial charge in [-0.25, -0.2) is 0 Å². The summed E-state index contributed by atoms with van der Waals surface area (Å²) in [4.78, 5) is 20.4. The number of hydrogen-bond donors (Lipinski definition) is 2. The van der Waals surface area contributed by atoms with Crippen LogP contribution in [0.25, 0.3) is 0 Å². The normalized spacial score (nSPS) is 10.9. The van der Waals surface area contributed by atoms with E-state index >= 15 is 0 Å². The van der Waals surface area contributed by atoms with E-state index in [1.54, 1.807) is 0 Å². The van der Waals surface area contributed by atoms with Crippen LogP contribution >= 0.6 is 0 Å². The summed E-state index contributed by atoms with van der Waals surface area (Å²) in [6.45, 7) is 5.20. The first-order chi connectivity index (χ1) is 15.1. The van der Waals surface area contributed by atoms with Gasteiger partial charge in [0.05, 0.1) is 82.0 Å². The van der Waals surface area contributed by atoms with Gasteiger partial charge in [-0.15, -0.1) is 0 Å². The molecular formula is C18H30N4O9. The predicted octanol–water partition coefficient (Wildman–Crippen LogP) is 0.957. The number of nitrogens with two attached hydrogens (primary N) is 1. The minimum atomic E-state index is -0.680. The minimum Gasteiger partial charge on any atom is -0.378 e. The zero-order valence-corrected chi connectivity index (χ0v) is 17.4. The van der Waals surface area contributed by atoms with E-state index in [2.05, 4.69) is 5.32 Å². The fourth-order valence-corrected chi connectivity index (χ4v) is 2.26. The predicted molar refractivity (Wildman–Crippen MR) is 111 cm³/mol. The van der Waals surface area contributed by atoms with Crippen LogP contribution in [0.3, 0.4) is 0 Å². The third kappa shape index (κ3) is 12.8. The van der Waals surface area contributed by atoms with Crippen LogP contribution in [0.1, 0.15) is 0 Å². The average molecular weight is 446 g/mol. The third-order valence-electron chi connectivity index (χ3n) is 3.70. The lowest BCUT2D eigenvalue weighted by atomic mass is 10.2. The van der Waals surface area contributed by atoms with Crippen LogP contribution in [-0.2, 0) is 23.7 Å². The van der Waals surface area contributed by atoms with Crippen LogP contribution in [-0.4, -0.2) is 89.0 Å². The molecule has 0 aliphatic rings. The molecule has 0 fully saturated rings. The molecular weight excluding hydrogens is 416 g/mol. The summed E-state index contributed by atoms with van der Waals surface area (Å²) in [7, 11) is 0. The van der Waals surface area contributed by atoms with Crippen molar-refractivity contribution in [1.29, 1.82) is 0 Å². The molecule has 0 aromatic heterocycles. The highest BCUT2D eigenvalue weighted by atomic mass is 16.6. The van der Waals surface area contributed by atoms with Gasteiger partial charge in [-0.05, 0) is 6.07 Å². The number of ether oxygens (including phenoxy) is 5. The van der Waals surface area contributed by atoms with Crippen molar-refractivity contribution in [3.8, 4) is 0 Å². The second kappa shape index (κ2) is 17.3. The topological polar surface area (TPSA) is 170 Å². The van der Waals surface area contributed by atoms with Crippen molar-refractivity contribution in [2.24, 2.45) is 5.73 Å². The number of nitrogens with one attached hydrogen (secondary N) is 1. The highest BCUT2D eigenvalue weighted by molar-refractivity contribution is 5.65. The number of non-ortho nitro benzene ring substituents is 1. The molecule has 13 heteroatoms. The maximum atomic E-state index is 11.0. The fourth-order valence-electron chi connectivity index (χ4n) is 2.26. The lowest BCUT2D eigenvalue weighted by Gasteiger charge is -2.09. The number of benzene rings is 1. The molecule has 0 amide bonds. The van der Waals surface area contributed by atoms with E-state index in [0.29, 0.717) is 79.2 Å². The average Bonchev–Trinajstić information content (AvgIpc) is 2.75. The van der Waals surface area contributed by atoms with E-state index in [1.165, 1.54) is 12.1 Å². The minimum absolute atomic E-state index is 0.194. The molecule has 0 unspecified atom stereocenters. The molecule has 0 aliphatic carbocycles. The largest absolute Gasteiger partial charge is 0.378 e. The molecule has 176 valence electrons. The van der Waals surface area contributed by atoms with Gasteiger partial charge in [0, 0.05) is 19.2 Å². The van der Waals surface area contributed by atoms with E-state index in [1.807, 2.05) is 0 Å². The van der Waals surface area contributed by atoms with Crippen LogP contribution in [0.2, 0.25) is 0 Å². The van der Waals surface area contributed by atoms with Gasteiger partial charge < -0.3 is 34.7 Å². The molecule has 3 N–H and O–H groups in total. The molecule has 1 aromatic rings. The Morgan fingerprint density at radius 1 is 0.742 bits per heavy atom. The molecule has 0 aliphatic heterocycles. The van der Waals surface area contributed by atoms with Gasteiger partial charge in [-0.1, -0.05) is 0 Å². The zero-order valence-electron chi connectivity index (χ0n) is 17.4. The first-order valence-corrected chi connectivity index (χ1v) is 9.81. The van der Waals surface area contributed by atoms with Crippen molar-refractivity contribution in [2.75, 3.05) is 84.5 Å². The number of nitro benzene ring substituents is 2. The zero-order chi connectivity index (χ0) is 22.7. The number of rotatable bonds is 20. The van der Waals surface area contributed by atoms with E-state index in [4.69, 9.17) is 29.4 Å². The first-order valence-electron chi connectivity index (χ1n) is 9.81. The summed E-state index contributed by atoms with van der Waals surface area (Å²) in [6.07, 6.45) is 0. The molecule has 1 rings (SSSR count). The van der Waals surface area contributed by atoms with Crippen LogP contribution < -0.4 is 11.1 Å². The second-order valence-electron chi connectivity index (χ2n) is 5.99. The SMILES string of the molecule is NCCOCCOCCOCCOCCOCCNc1ccc([N+](=O)[O-])cc1[N+](=O)[O-]. The van der Waals surface area contributed by atoms with E-state index in [-0.39, 0.29) is 17.1 Å². The number of nitrogens with zero attached hydrogens (tertiary/aromatic N) is 2. The maximum Gasteiger partial charge on any atom is 0.299 e. The van der Waals surface area contributed by atoms with Crippen molar-refractivity contribution in [1.82, 2.24) is 0 Å². The summed E-state index contributed by atoms with van der Waals surface area (Å²) < 4.78 is 26.6. The van der Waals surface area contributed by atoms with Gasteiger partial charge >= 0.3 is 0 Å². The highest BCUT2D eigenvalue weighted by Gasteiger charge is 2.18. The maximum absolute atomic E-state index is 11.0. The molecule has 0 radical (unpaired) electrons. The van der Waals surface area contributed by atoms with Gasteiger partial charge in [0.2, 0.25) is 0 Å². The van der Waals surface area contributed by atoms with Crippen molar-refractivity contribution in [3.05, 3.63) is 38.4 Å². The van der Waals surface area contributed by atoms with Gasteiger partial charge in [0.25, 0.3) is 11.4 Å². The molecule has 0 saturated carbocycles. The van der Waals surface area contributed by atoms with Gasteiger partial charge in [-0.3, -0.25) is 20.2 Å². The van der Waals surface area contributed by atoms with Crippen molar-refractivity contribution < 1.29 is 33.5 Å². The Morgan fingerprint density at radius 2 is 1.23 bits per heavy atom. The molecule has 0 bridgehead atoms. The Morgan fingerprint density at radius 3 is 1.68 bits per heavy atom. The van der Waals surface area contributed by atoms with Crippen molar-refractivity contribution in [2.45, 2.75) is 0 Å². The molecule has 0 atom stereocenters. The molecule has 31 heavy (non-hydrogen) atoms. The van der Waals surface area contributed by atoms with Crippen LogP contribution in [0, 0.1) is 20.2 Å². The monoisotopic (exact) mass is 446 g/mol. The lowest BCUT2D eigenvalue weighted by molar-refractivity contribution is -0.393. The molecule has 0 saturated heterocycles. The Bertz CT molecular complexity index is 648. The number of hydrogen-bond acceptors (Lipinski definition) is 11. The summed E-state index contributed by atoms with van der Waals surface area (Å²) in [5, 5.41) is 24.6. The van der Waals surface area contributed by atoms with E-state index < -0.39 is 9.85 Å². The fraction of sp³-hybridized carbons (Fsp3) is 0.667. The highest BCUT2D eigenvalue weighted by Crippen LogP contribution is 2.28. The van der Waals surface area contributed by atoms with Crippen LogP contribution in [0.4, 0.5) is 17.1 Å². The smallest absolute Gasteiger partial charge is 0.299 e. The van der Waals surface area contributed by atoms with Crippen LogP contribution in [0.5, 0.6) is 0 Å². The summed E-state index contributed by atoms with van der Waals surface area (Å²) in [5.41, 5.74) is 4.79. The molecule has 13 nitrogen and oxygen atoms in total. The summed E-state index contributed by atoms with van der Waals surface area (Å²) in [6, 6.07) is 3.43. The van der Waals surface area contributed by atoms with Crippen molar-refractivity contribution >= 4 is 17.1 Å².